The highest BCUT2D eigenvalue weighted by Gasteiger charge is 2.49. The molecule has 3 nitrogen and oxygen atoms in total. The summed E-state index contributed by atoms with van der Waals surface area (Å²) in [5, 5.41) is 4.84. The lowest BCUT2D eigenvalue weighted by Crippen LogP contribution is -2.36. The number of anilines is 3. The number of rotatable bonds is 6. The van der Waals surface area contributed by atoms with Crippen LogP contribution in [0, 0.1) is 0 Å². The summed E-state index contributed by atoms with van der Waals surface area (Å²) in [5.41, 5.74) is 18.1. The smallest absolute Gasteiger partial charge is 0.132 e. The maximum absolute atomic E-state index is 6.73. The van der Waals surface area contributed by atoms with Crippen molar-refractivity contribution in [3.63, 3.8) is 0 Å². The van der Waals surface area contributed by atoms with E-state index in [0.717, 1.165) is 56.4 Å². The molecule has 1 aromatic heterocycles. The van der Waals surface area contributed by atoms with Gasteiger partial charge in [-0.2, -0.15) is 0 Å². The van der Waals surface area contributed by atoms with Gasteiger partial charge in [0.15, 0.2) is 0 Å². The van der Waals surface area contributed by atoms with Crippen LogP contribution in [0.1, 0.15) is 22.3 Å². The predicted octanol–water partition coefficient (Wildman–Crippen LogP) is 17.2. The third-order valence-corrected chi connectivity index (χ3v) is 14.4. The maximum Gasteiger partial charge on any atom is 0.132 e. The predicted molar refractivity (Wildman–Crippen MR) is 281 cm³/mol. The van der Waals surface area contributed by atoms with Gasteiger partial charge in [0, 0.05) is 49.8 Å². The van der Waals surface area contributed by atoms with Crippen LogP contribution in [0.25, 0.3) is 71.6 Å². The number of para-hydroxylation sites is 5. The van der Waals surface area contributed by atoms with Gasteiger partial charge in [0.2, 0.25) is 0 Å². The van der Waals surface area contributed by atoms with Crippen molar-refractivity contribution in [1.82, 2.24) is 4.57 Å². The molecule has 12 aromatic rings. The number of fused-ring (bicyclic) bond motifs is 11. The number of aromatic nitrogens is 1. The normalized spacial score (nSPS) is 12.9. The van der Waals surface area contributed by atoms with Gasteiger partial charge in [-0.1, -0.05) is 206 Å². The molecule has 3 heteroatoms. The van der Waals surface area contributed by atoms with Crippen molar-refractivity contribution in [2.24, 2.45) is 0 Å². The highest BCUT2D eigenvalue weighted by molar-refractivity contribution is 6.14. The third kappa shape index (κ3) is 5.47. The molecule has 2 aliphatic rings. The summed E-state index contributed by atoms with van der Waals surface area (Å²) >= 11 is 0. The van der Waals surface area contributed by atoms with E-state index in [0.29, 0.717) is 0 Å². The zero-order valence-electron chi connectivity index (χ0n) is 37.1. The average Bonchev–Trinajstić information content (AvgIpc) is 3.74. The van der Waals surface area contributed by atoms with Crippen molar-refractivity contribution in [3.05, 3.63) is 277 Å². The molecular formula is C65H42N2O. The zero-order chi connectivity index (χ0) is 44.8. The Balaban J connectivity index is 1.07. The largest absolute Gasteiger partial charge is 0.457 e. The average molecular weight is 867 g/mol. The molecule has 0 saturated heterocycles. The fourth-order valence-corrected chi connectivity index (χ4v) is 11.7. The van der Waals surface area contributed by atoms with Crippen molar-refractivity contribution < 1.29 is 4.74 Å². The van der Waals surface area contributed by atoms with Gasteiger partial charge in [0.05, 0.1) is 27.8 Å². The quantitative estimate of drug-likeness (QED) is 0.166. The van der Waals surface area contributed by atoms with Crippen LogP contribution in [0.2, 0.25) is 0 Å². The van der Waals surface area contributed by atoms with Gasteiger partial charge < -0.3 is 14.2 Å². The van der Waals surface area contributed by atoms with Gasteiger partial charge in [-0.15, -0.1) is 0 Å². The number of ether oxygens (including phenoxy) is 1. The Kier molecular flexibility index (Phi) is 8.50. The van der Waals surface area contributed by atoms with Gasteiger partial charge in [-0.25, -0.2) is 0 Å². The highest BCUT2D eigenvalue weighted by Crippen LogP contribution is 2.62. The molecule has 1 aliphatic carbocycles. The van der Waals surface area contributed by atoms with Crippen LogP contribution in [0.15, 0.2) is 255 Å². The minimum Gasteiger partial charge on any atom is -0.457 e. The van der Waals surface area contributed by atoms with E-state index < -0.39 is 5.41 Å². The summed E-state index contributed by atoms with van der Waals surface area (Å²) in [6, 6.07) is 93.0. The second-order valence-corrected chi connectivity index (χ2v) is 17.9. The Morgan fingerprint density at radius 2 is 0.868 bits per heavy atom. The first kappa shape index (κ1) is 38.4. The molecule has 14 rings (SSSR count). The van der Waals surface area contributed by atoms with E-state index in [1.807, 2.05) is 0 Å². The van der Waals surface area contributed by atoms with Crippen molar-refractivity contribution >= 4 is 49.6 Å². The lowest BCUT2D eigenvalue weighted by Gasteiger charge is -2.45. The van der Waals surface area contributed by atoms with Gasteiger partial charge in [-0.3, -0.25) is 0 Å². The standard InChI is InChI=1S/C65H42N2O/c1-4-20-43(21-5-1)47-28-18-29-48(44-22-6-2-7-23-44)64(47)67-58-35-15-11-27-50(58)51-39-38-46(42-60(51)67)66(45-24-8-3-9-25-45)59-41-40-52-49-26-10-12-31-54(49)65(57-34-19-30-53(59)63(52)57)55-32-13-16-36-61(55)68-62-37-17-14-33-56(62)65/h1-42H. The molecule has 0 fully saturated rings. The monoisotopic (exact) mass is 866 g/mol. The van der Waals surface area contributed by atoms with Crippen LogP contribution < -0.4 is 9.64 Å². The van der Waals surface area contributed by atoms with Crippen LogP contribution in [0.3, 0.4) is 0 Å². The Morgan fingerprint density at radius 3 is 1.57 bits per heavy atom. The van der Waals surface area contributed by atoms with E-state index in [1.54, 1.807) is 0 Å². The summed E-state index contributed by atoms with van der Waals surface area (Å²) < 4.78 is 9.25. The van der Waals surface area contributed by atoms with Crippen molar-refractivity contribution in [2.75, 3.05) is 4.90 Å². The van der Waals surface area contributed by atoms with Crippen LogP contribution >= 0.6 is 0 Å². The molecule has 318 valence electrons. The topological polar surface area (TPSA) is 17.4 Å². The van der Waals surface area contributed by atoms with Crippen LogP contribution in [0.5, 0.6) is 11.5 Å². The first-order valence-corrected chi connectivity index (χ1v) is 23.4. The van der Waals surface area contributed by atoms with E-state index in [-0.39, 0.29) is 0 Å². The lowest BCUT2D eigenvalue weighted by molar-refractivity contribution is 0.435. The Hall–Kier alpha value is -8.92. The molecule has 0 radical (unpaired) electrons. The molecule has 0 unspecified atom stereocenters. The first-order valence-electron chi connectivity index (χ1n) is 23.4. The van der Waals surface area contributed by atoms with E-state index in [4.69, 9.17) is 4.74 Å². The van der Waals surface area contributed by atoms with Crippen LogP contribution in [0.4, 0.5) is 17.1 Å². The summed E-state index contributed by atoms with van der Waals surface area (Å²) in [5.74, 6) is 1.77. The van der Waals surface area contributed by atoms with E-state index in [1.165, 1.54) is 66.1 Å². The Bertz CT molecular complexity index is 3840. The Morgan fingerprint density at radius 1 is 0.338 bits per heavy atom. The molecule has 0 saturated carbocycles. The molecule has 68 heavy (non-hydrogen) atoms. The first-order chi connectivity index (χ1) is 33.8. The third-order valence-electron chi connectivity index (χ3n) is 14.4. The highest BCUT2D eigenvalue weighted by atomic mass is 16.5. The summed E-state index contributed by atoms with van der Waals surface area (Å²) in [7, 11) is 0. The fraction of sp³-hybridized carbons (Fsp3) is 0.0154. The van der Waals surface area contributed by atoms with E-state index in [9.17, 15) is 0 Å². The zero-order valence-corrected chi connectivity index (χ0v) is 37.1. The Labute approximate surface area is 395 Å². The number of hydrogen-bond acceptors (Lipinski definition) is 2. The van der Waals surface area contributed by atoms with Crippen molar-refractivity contribution in [3.8, 4) is 50.6 Å². The fourth-order valence-electron chi connectivity index (χ4n) is 11.7. The van der Waals surface area contributed by atoms with E-state index >= 15 is 0 Å². The molecule has 1 spiro atoms. The molecule has 0 bridgehead atoms. The summed E-state index contributed by atoms with van der Waals surface area (Å²) in [6.07, 6.45) is 0. The van der Waals surface area contributed by atoms with E-state index in [2.05, 4.69) is 264 Å². The molecule has 1 aliphatic heterocycles. The van der Waals surface area contributed by atoms with Crippen LogP contribution in [-0.2, 0) is 5.41 Å². The molecule has 11 aromatic carbocycles. The van der Waals surface area contributed by atoms with Crippen molar-refractivity contribution in [1.29, 1.82) is 0 Å². The maximum atomic E-state index is 6.73. The molecule has 0 atom stereocenters. The van der Waals surface area contributed by atoms with Crippen molar-refractivity contribution in [2.45, 2.75) is 5.41 Å². The molecule has 2 heterocycles. The van der Waals surface area contributed by atoms with Gasteiger partial charge in [0.25, 0.3) is 0 Å². The number of benzene rings is 11. The summed E-state index contributed by atoms with van der Waals surface area (Å²) in [4.78, 5) is 2.46. The minimum atomic E-state index is -0.618. The summed E-state index contributed by atoms with van der Waals surface area (Å²) in [6.45, 7) is 0. The minimum absolute atomic E-state index is 0.618. The second kappa shape index (κ2) is 15.1. The lowest BCUT2D eigenvalue weighted by atomic mass is 9.58. The van der Waals surface area contributed by atoms with Gasteiger partial charge in [0.1, 0.15) is 11.5 Å². The molecule has 0 amide bonds. The second-order valence-electron chi connectivity index (χ2n) is 17.9. The van der Waals surface area contributed by atoms with Gasteiger partial charge in [-0.05, 0) is 87.3 Å². The molecule has 0 N–H and O–H groups in total. The molecular weight excluding hydrogens is 825 g/mol. The van der Waals surface area contributed by atoms with Gasteiger partial charge >= 0.3 is 0 Å². The number of hydrogen-bond donors (Lipinski definition) is 0. The number of nitrogens with zero attached hydrogens (tertiary/aromatic N) is 2. The van der Waals surface area contributed by atoms with Crippen LogP contribution in [-0.4, -0.2) is 4.57 Å². The SMILES string of the molecule is c1ccc(-c2cccc(-c3ccccc3)c2-n2c3ccccc3c3ccc(N(c4ccccc4)c4ccc5c6c(cccc46)C4(c6ccccc6Oc6ccccc64)c4ccccc4-5)cc32)cc1.